The monoisotopic (exact) mass is 372 g/mol. The van der Waals surface area contributed by atoms with Gasteiger partial charge in [0.15, 0.2) is 0 Å². The zero-order valence-corrected chi connectivity index (χ0v) is 15.0. The Kier molecular flexibility index (Phi) is 4.45. The minimum absolute atomic E-state index is 0.0307. The number of esters is 1. The Hall–Kier alpha value is -3.80. The van der Waals surface area contributed by atoms with Crippen LogP contribution in [0.15, 0.2) is 72.8 Å². The van der Waals surface area contributed by atoms with E-state index in [-0.39, 0.29) is 5.69 Å². The van der Waals surface area contributed by atoms with Gasteiger partial charge in [-0.15, -0.1) is 0 Å². The molecule has 0 spiro atoms. The van der Waals surface area contributed by atoms with Crippen molar-refractivity contribution in [1.82, 2.24) is 4.98 Å². The molecule has 1 aromatic heterocycles. The van der Waals surface area contributed by atoms with E-state index in [0.717, 1.165) is 27.4 Å². The summed E-state index contributed by atoms with van der Waals surface area (Å²) in [5, 5.41) is 12.7. The van der Waals surface area contributed by atoms with E-state index in [1.807, 2.05) is 48.5 Å². The van der Waals surface area contributed by atoms with E-state index >= 15 is 0 Å². The Bertz CT molecular complexity index is 1150. The summed E-state index contributed by atoms with van der Waals surface area (Å²) in [6, 6.07) is 21.2. The lowest BCUT2D eigenvalue weighted by atomic mass is 9.86. The molecule has 138 valence electrons. The summed E-state index contributed by atoms with van der Waals surface area (Å²) in [6.45, 7) is 0. The van der Waals surface area contributed by atoms with Crippen LogP contribution in [0.3, 0.4) is 0 Å². The third-order valence-corrected chi connectivity index (χ3v) is 4.79. The number of ether oxygens (including phenoxy) is 1. The molecule has 6 nitrogen and oxygen atoms in total. The molecule has 0 saturated heterocycles. The first-order chi connectivity index (χ1) is 13.6. The maximum atomic E-state index is 12.8. The molecular formula is C22H16N2O4. The minimum Gasteiger partial charge on any atom is -0.468 e. The normalized spacial score (nSPS) is 12.0. The van der Waals surface area contributed by atoms with Crippen molar-refractivity contribution in [2.45, 2.75) is 5.92 Å². The fraction of sp³-hybridized carbons (Fsp3) is 0.0909. The molecule has 0 fully saturated rings. The van der Waals surface area contributed by atoms with Crippen molar-refractivity contribution in [3.63, 3.8) is 0 Å². The van der Waals surface area contributed by atoms with Gasteiger partial charge in [-0.25, -0.2) is 4.98 Å². The van der Waals surface area contributed by atoms with Crippen molar-refractivity contribution in [3.05, 3.63) is 94.0 Å². The van der Waals surface area contributed by atoms with Crippen LogP contribution in [0, 0.1) is 10.1 Å². The predicted octanol–water partition coefficient (Wildman–Crippen LogP) is 4.60. The fourth-order valence-corrected chi connectivity index (χ4v) is 3.51. The highest BCUT2D eigenvalue weighted by molar-refractivity contribution is 6.02. The second-order valence-corrected chi connectivity index (χ2v) is 6.36. The Labute approximate surface area is 160 Å². The van der Waals surface area contributed by atoms with Crippen LogP contribution in [0.1, 0.15) is 17.0 Å². The average Bonchev–Trinajstić information content (AvgIpc) is 2.73. The van der Waals surface area contributed by atoms with E-state index < -0.39 is 16.8 Å². The van der Waals surface area contributed by atoms with Crippen LogP contribution in [-0.2, 0) is 9.53 Å². The number of methoxy groups -OCH3 is 1. The van der Waals surface area contributed by atoms with Gasteiger partial charge in [-0.2, -0.15) is 0 Å². The lowest BCUT2D eigenvalue weighted by Gasteiger charge is -2.20. The van der Waals surface area contributed by atoms with Crippen molar-refractivity contribution in [1.29, 1.82) is 0 Å². The SMILES string of the molecule is COC(=O)C(c1ccc([N+](=O)[O-])cc1)c1c2ccccc2nc2ccccc12. The molecule has 0 radical (unpaired) electrons. The maximum Gasteiger partial charge on any atom is 0.317 e. The molecule has 1 heterocycles. The summed E-state index contributed by atoms with van der Waals surface area (Å²) >= 11 is 0. The summed E-state index contributed by atoms with van der Waals surface area (Å²) in [6.07, 6.45) is 0. The van der Waals surface area contributed by atoms with E-state index in [0.29, 0.717) is 5.56 Å². The second kappa shape index (κ2) is 7.08. The first kappa shape index (κ1) is 17.6. The molecule has 0 N–H and O–H groups in total. The molecule has 3 aromatic carbocycles. The van der Waals surface area contributed by atoms with E-state index in [1.165, 1.54) is 19.2 Å². The molecule has 4 aromatic rings. The number of non-ortho nitro benzene ring substituents is 1. The lowest BCUT2D eigenvalue weighted by Crippen LogP contribution is -2.17. The number of carbonyl (C=O) groups excluding carboxylic acids is 1. The summed E-state index contributed by atoms with van der Waals surface area (Å²) < 4.78 is 5.10. The van der Waals surface area contributed by atoms with E-state index in [1.54, 1.807) is 12.1 Å². The molecule has 1 unspecified atom stereocenters. The summed E-state index contributed by atoms with van der Waals surface area (Å²) in [5.41, 5.74) is 2.91. The Balaban J connectivity index is 2.04. The van der Waals surface area contributed by atoms with E-state index in [9.17, 15) is 14.9 Å². The van der Waals surface area contributed by atoms with Gasteiger partial charge < -0.3 is 4.74 Å². The summed E-state index contributed by atoms with van der Waals surface area (Å²) in [7, 11) is 1.34. The quantitative estimate of drug-likeness (QED) is 0.226. The Morgan fingerprint density at radius 3 is 1.96 bits per heavy atom. The standard InChI is InChI=1S/C22H16N2O4/c1-28-22(25)20(14-10-12-15(13-11-14)24(26)27)21-16-6-2-4-8-18(16)23-19-9-5-3-7-17(19)21/h2-13,20H,1H3. The number of nitro benzene ring substituents is 1. The number of para-hydroxylation sites is 2. The molecule has 1 atom stereocenters. The number of nitro groups is 1. The second-order valence-electron chi connectivity index (χ2n) is 6.36. The van der Waals surface area contributed by atoms with Crippen LogP contribution in [0.5, 0.6) is 0 Å². The van der Waals surface area contributed by atoms with Crippen LogP contribution < -0.4 is 0 Å². The van der Waals surface area contributed by atoms with Crippen LogP contribution in [-0.4, -0.2) is 23.0 Å². The van der Waals surface area contributed by atoms with Gasteiger partial charge in [0.25, 0.3) is 5.69 Å². The molecule has 0 aliphatic rings. The number of benzene rings is 3. The maximum absolute atomic E-state index is 12.8. The number of hydrogen-bond donors (Lipinski definition) is 0. The molecule has 0 bridgehead atoms. The van der Waals surface area contributed by atoms with Crippen LogP contribution in [0.2, 0.25) is 0 Å². The van der Waals surface area contributed by atoms with Crippen molar-refractivity contribution in [2.75, 3.05) is 7.11 Å². The number of pyridine rings is 1. The summed E-state index contributed by atoms with van der Waals surface area (Å²) in [4.78, 5) is 28.1. The molecule has 4 rings (SSSR count). The number of hydrogen-bond acceptors (Lipinski definition) is 5. The first-order valence-electron chi connectivity index (χ1n) is 8.69. The highest BCUT2D eigenvalue weighted by atomic mass is 16.6. The number of fused-ring (bicyclic) bond motifs is 2. The predicted molar refractivity (Wildman–Crippen MR) is 106 cm³/mol. The highest BCUT2D eigenvalue weighted by Gasteiger charge is 2.28. The van der Waals surface area contributed by atoms with Crippen molar-refractivity contribution in [2.24, 2.45) is 0 Å². The molecule has 0 aliphatic carbocycles. The lowest BCUT2D eigenvalue weighted by molar-refractivity contribution is -0.384. The zero-order chi connectivity index (χ0) is 19.7. The molecule has 0 amide bonds. The molecule has 0 saturated carbocycles. The van der Waals surface area contributed by atoms with Crippen LogP contribution >= 0.6 is 0 Å². The Morgan fingerprint density at radius 1 is 0.929 bits per heavy atom. The van der Waals surface area contributed by atoms with Gasteiger partial charge in [0.2, 0.25) is 0 Å². The molecule has 28 heavy (non-hydrogen) atoms. The van der Waals surface area contributed by atoms with Crippen molar-refractivity contribution < 1.29 is 14.5 Å². The Morgan fingerprint density at radius 2 is 1.46 bits per heavy atom. The number of nitrogens with zero attached hydrogens (tertiary/aromatic N) is 2. The van der Waals surface area contributed by atoms with Crippen molar-refractivity contribution in [3.8, 4) is 0 Å². The van der Waals surface area contributed by atoms with Gasteiger partial charge in [0, 0.05) is 22.9 Å². The zero-order valence-electron chi connectivity index (χ0n) is 15.0. The minimum atomic E-state index is -0.733. The van der Waals surface area contributed by atoms with Gasteiger partial charge in [-0.1, -0.05) is 48.5 Å². The van der Waals surface area contributed by atoms with Gasteiger partial charge in [0.05, 0.1) is 23.1 Å². The number of rotatable bonds is 4. The van der Waals surface area contributed by atoms with Crippen LogP contribution in [0.4, 0.5) is 5.69 Å². The first-order valence-corrected chi connectivity index (χ1v) is 8.69. The highest BCUT2D eigenvalue weighted by Crippen LogP contribution is 2.37. The fourth-order valence-electron chi connectivity index (χ4n) is 3.51. The van der Waals surface area contributed by atoms with Crippen molar-refractivity contribution >= 4 is 33.5 Å². The smallest absolute Gasteiger partial charge is 0.317 e. The topological polar surface area (TPSA) is 82.3 Å². The molecule has 6 heteroatoms. The van der Waals surface area contributed by atoms with E-state index in [2.05, 4.69) is 0 Å². The van der Waals surface area contributed by atoms with E-state index in [4.69, 9.17) is 9.72 Å². The van der Waals surface area contributed by atoms with Gasteiger partial charge in [0.1, 0.15) is 5.92 Å². The molecular weight excluding hydrogens is 356 g/mol. The number of carbonyl (C=O) groups is 1. The average molecular weight is 372 g/mol. The molecule has 0 aliphatic heterocycles. The third-order valence-electron chi connectivity index (χ3n) is 4.79. The van der Waals surface area contributed by atoms with Gasteiger partial charge in [-0.3, -0.25) is 14.9 Å². The summed E-state index contributed by atoms with van der Waals surface area (Å²) in [5.74, 6) is -1.17. The largest absolute Gasteiger partial charge is 0.468 e. The number of aromatic nitrogens is 1. The third kappa shape index (κ3) is 2.95. The van der Waals surface area contributed by atoms with Crippen LogP contribution in [0.25, 0.3) is 21.8 Å². The van der Waals surface area contributed by atoms with Gasteiger partial charge in [-0.05, 0) is 23.3 Å². The van der Waals surface area contributed by atoms with Gasteiger partial charge >= 0.3 is 5.97 Å².